The van der Waals surface area contributed by atoms with E-state index in [0.29, 0.717) is 12.1 Å². The molecule has 2 aromatic rings. The third-order valence-electron chi connectivity index (χ3n) is 5.29. The minimum Gasteiger partial charge on any atom is -0.479 e. The van der Waals surface area contributed by atoms with Crippen LogP contribution in [0.4, 0.5) is 0 Å². The van der Waals surface area contributed by atoms with Crippen molar-refractivity contribution in [2.24, 2.45) is 5.41 Å². The molecule has 132 valence electrons. The average Bonchev–Trinajstić information content (AvgIpc) is 2.59. The van der Waals surface area contributed by atoms with Gasteiger partial charge in [-0.05, 0) is 19.1 Å². The second-order valence-electron chi connectivity index (χ2n) is 6.92. The van der Waals surface area contributed by atoms with Crippen LogP contribution in [0.1, 0.15) is 37.7 Å². The number of carboxylic acid groups (broad SMARTS) is 1. The summed E-state index contributed by atoms with van der Waals surface area (Å²) < 4.78 is 5.61. The maximum Gasteiger partial charge on any atom is 0.330 e. The molecule has 1 aliphatic rings. The average molecular weight is 342 g/mol. The van der Waals surface area contributed by atoms with Crippen molar-refractivity contribution in [1.29, 1.82) is 0 Å². The highest BCUT2D eigenvalue weighted by atomic mass is 16.5. The van der Waals surface area contributed by atoms with Gasteiger partial charge >= 0.3 is 5.97 Å². The van der Waals surface area contributed by atoms with E-state index in [4.69, 9.17) is 4.74 Å². The van der Waals surface area contributed by atoms with Gasteiger partial charge in [-0.1, -0.05) is 38.1 Å². The van der Waals surface area contributed by atoms with E-state index in [1.54, 1.807) is 26.0 Å². The van der Waals surface area contributed by atoms with Gasteiger partial charge in [0.25, 0.3) is 5.91 Å². The molecule has 1 fully saturated rings. The molecule has 0 aliphatic heterocycles. The van der Waals surface area contributed by atoms with E-state index in [-0.39, 0.29) is 18.2 Å². The first-order valence-corrected chi connectivity index (χ1v) is 8.35. The highest BCUT2D eigenvalue weighted by Crippen LogP contribution is 2.51. The van der Waals surface area contributed by atoms with Crippen LogP contribution in [-0.2, 0) is 9.53 Å². The molecule has 2 unspecified atom stereocenters. The molecule has 1 aromatic heterocycles. The number of ether oxygens (including phenoxy) is 1. The van der Waals surface area contributed by atoms with Crippen LogP contribution in [0.3, 0.4) is 0 Å². The third-order valence-corrected chi connectivity index (χ3v) is 5.29. The van der Waals surface area contributed by atoms with Crippen molar-refractivity contribution in [1.82, 2.24) is 10.3 Å². The lowest BCUT2D eigenvalue weighted by atomic mass is 9.54. The van der Waals surface area contributed by atoms with Crippen LogP contribution in [0.2, 0.25) is 0 Å². The number of para-hydroxylation sites is 1. The summed E-state index contributed by atoms with van der Waals surface area (Å²) in [7, 11) is 0. The van der Waals surface area contributed by atoms with E-state index >= 15 is 0 Å². The fraction of sp³-hybridized carbons (Fsp3) is 0.421. The third kappa shape index (κ3) is 2.66. The van der Waals surface area contributed by atoms with Gasteiger partial charge < -0.3 is 15.2 Å². The summed E-state index contributed by atoms with van der Waals surface area (Å²) in [4.78, 5) is 29.0. The molecule has 2 N–H and O–H groups in total. The number of aliphatic carboxylic acids is 1. The van der Waals surface area contributed by atoms with Crippen molar-refractivity contribution in [3.05, 3.63) is 42.1 Å². The molecule has 1 amide bonds. The van der Waals surface area contributed by atoms with E-state index in [0.717, 1.165) is 5.39 Å². The van der Waals surface area contributed by atoms with E-state index in [1.807, 2.05) is 31.2 Å². The lowest BCUT2D eigenvalue weighted by molar-refractivity contribution is -0.190. The second-order valence-corrected chi connectivity index (χ2v) is 6.92. The van der Waals surface area contributed by atoms with Crippen molar-refractivity contribution in [2.75, 3.05) is 6.61 Å². The number of hydrogen-bond donors (Lipinski definition) is 2. The van der Waals surface area contributed by atoms with Crippen LogP contribution in [-0.4, -0.2) is 40.2 Å². The molecule has 6 heteroatoms. The zero-order valence-corrected chi connectivity index (χ0v) is 14.6. The zero-order chi connectivity index (χ0) is 18.2. The quantitative estimate of drug-likeness (QED) is 0.872. The Labute approximate surface area is 146 Å². The number of pyridine rings is 1. The Morgan fingerprint density at radius 3 is 2.64 bits per heavy atom. The van der Waals surface area contributed by atoms with E-state index < -0.39 is 22.8 Å². The maximum atomic E-state index is 12.7. The number of aromatic nitrogens is 1. The van der Waals surface area contributed by atoms with Gasteiger partial charge in [-0.25, -0.2) is 9.78 Å². The summed E-state index contributed by atoms with van der Waals surface area (Å²) >= 11 is 0. The first kappa shape index (κ1) is 17.4. The number of nitrogens with one attached hydrogen (secondary N) is 1. The smallest absolute Gasteiger partial charge is 0.330 e. The van der Waals surface area contributed by atoms with Gasteiger partial charge in [0.05, 0.1) is 11.6 Å². The second kappa shape index (κ2) is 6.11. The van der Waals surface area contributed by atoms with Crippen LogP contribution < -0.4 is 5.32 Å². The molecule has 0 saturated heterocycles. The van der Waals surface area contributed by atoms with E-state index in [9.17, 15) is 14.7 Å². The number of hydrogen-bond acceptors (Lipinski definition) is 4. The summed E-state index contributed by atoms with van der Waals surface area (Å²) in [6.07, 6.45) is 0.0288. The fourth-order valence-corrected chi connectivity index (χ4v) is 3.49. The first-order valence-electron chi connectivity index (χ1n) is 8.35. The minimum absolute atomic E-state index is 0.204. The van der Waals surface area contributed by atoms with Gasteiger partial charge in [0.2, 0.25) is 0 Å². The van der Waals surface area contributed by atoms with Crippen molar-refractivity contribution in [3.8, 4) is 0 Å². The number of carbonyl (C=O) groups excluding carboxylic acids is 1. The maximum absolute atomic E-state index is 12.7. The molecular weight excluding hydrogens is 320 g/mol. The number of fused-ring (bicyclic) bond motifs is 1. The summed E-state index contributed by atoms with van der Waals surface area (Å²) in [5.41, 5.74) is -1.19. The van der Waals surface area contributed by atoms with E-state index in [1.165, 1.54) is 0 Å². The first-order chi connectivity index (χ1) is 11.8. The Kier molecular flexibility index (Phi) is 4.24. The van der Waals surface area contributed by atoms with Crippen LogP contribution in [0.15, 0.2) is 36.4 Å². The van der Waals surface area contributed by atoms with Crippen molar-refractivity contribution in [3.63, 3.8) is 0 Å². The normalized spacial score (nSPS) is 24.5. The molecule has 1 heterocycles. The number of rotatable bonds is 5. The fourth-order valence-electron chi connectivity index (χ4n) is 3.49. The van der Waals surface area contributed by atoms with Gasteiger partial charge in [0.1, 0.15) is 11.2 Å². The summed E-state index contributed by atoms with van der Waals surface area (Å²) in [5.74, 6) is -1.54. The topological polar surface area (TPSA) is 88.5 Å². The van der Waals surface area contributed by atoms with Gasteiger partial charge in [-0.15, -0.1) is 0 Å². The number of carboxylic acids is 1. The van der Waals surface area contributed by atoms with Gasteiger partial charge in [-0.2, -0.15) is 0 Å². The summed E-state index contributed by atoms with van der Waals surface area (Å²) in [6.45, 7) is 5.98. The lowest BCUT2D eigenvalue weighted by Crippen LogP contribution is -2.76. The molecule has 1 aliphatic carbocycles. The molecule has 1 saturated carbocycles. The Morgan fingerprint density at radius 2 is 2.00 bits per heavy atom. The summed E-state index contributed by atoms with van der Waals surface area (Å²) in [6, 6.07) is 10.9. The lowest BCUT2D eigenvalue weighted by Gasteiger charge is -2.58. The monoisotopic (exact) mass is 342 g/mol. The standard InChI is InChI=1S/C19H22N2O4/c1-4-25-15-11-19(17(23)24,18(15,2)3)21-16(22)14-10-9-12-7-5-6-8-13(12)20-14/h5-10,15H,4,11H2,1-3H3,(H,21,22)(H,23,24). The largest absolute Gasteiger partial charge is 0.479 e. The Morgan fingerprint density at radius 1 is 1.28 bits per heavy atom. The van der Waals surface area contributed by atoms with Gasteiger partial charge in [0, 0.05) is 23.8 Å². The number of amides is 1. The SMILES string of the molecule is CCOC1CC(NC(=O)c2ccc3ccccc3n2)(C(=O)O)C1(C)C. The van der Waals surface area contributed by atoms with Crippen LogP contribution in [0, 0.1) is 5.41 Å². The van der Waals surface area contributed by atoms with Crippen LogP contribution >= 0.6 is 0 Å². The molecule has 1 aromatic carbocycles. The van der Waals surface area contributed by atoms with Gasteiger partial charge in [0.15, 0.2) is 0 Å². The number of carbonyl (C=O) groups is 2. The van der Waals surface area contributed by atoms with Crippen molar-refractivity contribution in [2.45, 2.75) is 38.8 Å². The summed E-state index contributed by atoms with van der Waals surface area (Å²) in [5, 5.41) is 13.4. The predicted molar refractivity (Wildman–Crippen MR) is 93.4 cm³/mol. The van der Waals surface area contributed by atoms with E-state index in [2.05, 4.69) is 10.3 Å². The molecule has 3 rings (SSSR count). The van der Waals surface area contributed by atoms with Crippen molar-refractivity contribution >= 4 is 22.8 Å². The molecular formula is C19H22N2O4. The Balaban J connectivity index is 1.87. The Bertz CT molecular complexity index is 833. The molecule has 6 nitrogen and oxygen atoms in total. The van der Waals surface area contributed by atoms with Crippen LogP contribution in [0.5, 0.6) is 0 Å². The zero-order valence-electron chi connectivity index (χ0n) is 14.6. The highest BCUT2D eigenvalue weighted by Gasteiger charge is 2.66. The number of nitrogens with zero attached hydrogens (tertiary/aromatic N) is 1. The van der Waals surface area contributed by atoms with Crippen molar-refractivity contribution < 1.29 is 19.4 Å². The molecule has 0 bridgehead atoms. The van der Waals surface area contributed by atoms with Crippen LogP contribution in [0.25, 0.3) is 10.9 Å². The Hall–Kier alpha value is -2.47. The molecule has 2 atom stereocenters. The number of benzene rings is 1. The molecule has 0 spiro atoms. The molecule has 25 heavy (non-hydrogen) atoms. The predicted octanol–water partition coefficient (Wildman–Crippen LogP) is 2.62. The highest BCUT2D eigenvalue weighted by molar-refractivity contribution is 5.99. The van der Waals surface area contributed by atoms with Gasteiger partial charge in [-0.3, -0.25) is 4.79 Å². The molecule has 0 radical (unpaired) electrons. The minimum atomic E-state index is -1.36.